The lowest BCUT2D eigenvalue weighted by Gasteiger charge is -2.17. The van der Waals surface area contributed by atoms with Crippen LogP contribution in [0.3, 0.4) is 0 Å². The highest BCUT2D eigenvalue weighted by Crippen LogP contribution is 2.38. The molecular weight excluding hydrogens is 496 g/mol. The lowest BCUT2D eigenvalue weighted by atomic mass is 9.96. The first-order valence-corrected chi connectivity index (χ1v) is 12.3. The van der Waals surface area contributed by atoms with Gasteiger partial charge in [0.2, 0.25) is 5.75 Å². The molecule has 3 aromatic carbocycles. The van der Waals surface area contributed by atoms with Crippen LogP contribution in [0.4, 0.5) is 0 Å². The molecular formula is C30H30N4O5. The topological polar surface area (TPSA) is 108 Å². The van der Waals surface area contributed by atoms with Gasteiger partial charge in [-0.05, 0) is 60.4 Å². The quantitative estimate of drug-likeness (QED) is 0.272. The van der Waals surface area contributed by atoms with Crippen molar-refractivity contribution >= 4 is 17.1 Å². The molecule has 4 aromatic rings. The number of aromatic nitrogens is 2. The molecule has 0 aliphatic rings. The summed E-state index contributed by atoms with van der Waals surface area (Å²) in [7, 11) is 4.63. The van der Waals surface area contributed by atoms with Crippen LogP contribution in [0.2, 0.25) is 0 Å². The van der Waals surface area contributed by atoms with Crippen LogP contribution in [0.25, 0.3) is 22.3 Å². The number of aryl methyl sites for hydroxylation is 1. The van der Waals surface area contributed by atoms with Crippen molar-refractivity contribution < 1.29 is 18.9 Å². The molecule has 0 bridgehead atoms. The van der Waals surface area contributed by atoms with Gasteiger partial charge in [-0.3, -0.25) is 4.79 Å². The molecule has 0 fully saturated rings. The van der Waals surface area contributed by atoms with E-state index in [4.69, 9.17) is 29.2 Å². The van der Waals surface area contributed by atoms with Crippen molar-refractivity contribution in [3.63, 3.8) is 0 Å². The van der Waals surface area contributed by atoms with Crippen LogP contribution in [0.5, 0.6) is 23.0 Å². The molecule has 0 amide bonds. The smallest absolute Gasteiger partial charge is 0.282 e. The zero-order valence-electron chi connectivity index (χ0n) is 22.8. The number of methoxy groups -OCH3 is 3. The van der Waals surface area contributed by atoms with Crippen molar-refractivity contribution in [2.24, 2.45) is 5.10 Å². The van der Waals surface area contributed by atoms with E-state index in [1.54, 1.807) is 31.4 Å². The van der Waals surface area contributed by atoms with E-state index < -0.39 is 0 Å². The minimum absolute atomic E-state index is 0.165. The van der Waals surface area contributed by atoms with Crippen LogP contribution in [0.15, 0.2) is 58.4 Å². The van der Waals surface area contributed by atoms with E-state index in [1.165, 1.54) is 25.1 Å². The second-order valence-electron chi connectivity index (χ2n) is 9.08. The first kappa shape index (κ1) is 27.2. The maximum absolute atomic E-state index is 13.7. The fourth-order valence-corrected chi connectivity index (χ4v) is 4.32. The summed E-state index contributed by atoms with van der Waals surface area (Å²) in [6.45, 7) is 5.95. The van der Waals surface area contributed by atoms with Crippen LogP contribution in [0.1, 0.15) is 36.5 Å². The summed E-state index contributed by atoms with van der Waals surface area (Å²) in [6.07, 6.45) is 1.53. The third-order valence-corrected chi connectivity index (χ3v) is 6.28. The van der Waals surface area contributed by atoms with E-state index >= 15 is 0 Å². The number of hydrogen-bond acceptors (Lipinski definition) is 8. The summed E-state index contributed by atoms with van der Waals surface area (Å²) >= 11 is 0. The minimum Gasteiger partial charge on any atom is -0.496 e. The number of para-hydroxylation sites is 1. The van der Waals surface area contributed by atoms with Gasteiger partial charge in [0, 0.05) is 11.1 Å². The lowest BCUT2D eigenvalue weighted by Crippen LogP contribution is -2.20. The molecule has 0 aliphatic heterocycles. The molecule has 39 heavy (non-hydrogen) atoms. The molecule has 1 heterocycles. The number of ether oxygens (including phenoxy) is 4. The van der Waals surface area contributed by atoms with Gasteiger partial charge in [-0.1, -0.05) is 26.0 Å². The van der Waals surface area contributed by atoms with E-state index in [0.717, 1.165) is 22.4 Å². The zero-order valence-corrected chi connectivity index (χ0v) is 22.8. The van der Waals surface area contributed by atoms with Gasteiger partial charge in [0.25, 0.3) is 5.56 Å². The van der Waals surface area contributed by atoms with Gasteiger partial charge in [0.05, 0.1) is 38.4 Å². The Labute approximate surface area is 226 Å². The maximum atomic E-state index is 13.7. The summed E-state index contributed by atoms with van der Waals surface area (Å²) in [5, 5.41) is 13.9. The predicted molar refractivity (Wildman–Crippen MR) is 150 cm³/mol. The van der Waals surface area contributed by atoms with Crippen LogP contribution in [0, 0.1) is 18.3 Å². The molecule has 9 heteroatoms. The van der Waals surface area contributed by atoms with E-state index in [0.29, 0.717) is 39.5 Å². The first-order chi connectivity index (χ1) is 18.8. The van der Waals surface area contributed by atoms with Gasteiger partial charge in [0.1, 0.15) is 11.8 Å². The monoisotopic (exact) mass is 526 g/mol. The Morgan fingerprint density at radius 3 is 2.31 bits per heavy atom. The average molecular weight is 527 g/mol. The number of rotatable bonds is 9. The molecule has 0 spiro atoms. The van der Waals surface area contributed by atoms with Gasteiger partial charge in [-0.25, -0.2) is 4.98 Å². The Balaban J connectivity index is 1.94. The van der Waals surface area contributed by atoms with Crippen LogP contribution < -0.4 is 24.5 Å². The molecule has 200 valence electrons. The van der Waals surface area contributed by atoms with Crippen molar-refractivity contribution in [2.45, 2.75) is 26.7 Å². The Bertz CT molecular complexity index is 1630. The lowest BCUT2D eigenvalue weighted by molar-refractivity contribution is 0.303. The van der Waals surface area contributed by atoms with Gasteiger partial charge in [-0.15, -0.1) is 0 Å². The minimum atomic E-state index is -0.305. The second kappa shape index (κ2) is 11.7. The molecule has 4 rings (SSSR count). The van der Waals surface area contributed by atoms with Crippen LogP contribution in [-0.4, -0.2) is 43.8 Å². The molecule has 0 aliphatic carbocycles. The average Bonchev–Trinajstić information content (AvgIpc) is 2.94. The van der Waals surface area contributed by atoms with E-state index in [-0.39, 0.29) is 18.1 Å². The molecule has 1 aromatic heterocycles. The molecule has 0 radical (unpaired) electrons. The van der Waals surface area contributed by atoms with Gasteiger partial charge < -0.3 is 18.9 Å². The third-order valence-electron chi connectivity index (χ3n) is 6.28. The van der Waals surface area contributed by atoms with Crippen LogP contribution in [-0.2, 0) is 0 Å². The molecule has 9 nitrogen and oxygen atoms in total. The van der Waals surface area contributed by atoms with Crippen molar-refractivity contribution in [1.82, 2.24) is 9.66 Å². The highest BCUT2D eigenvalue weighted by Gasteiger charge is 2.19. The largest absolute Gasteiger partial charge is 0.496 e. The zero-order chi connectivity index (χ0) is 28.1. The molecule has 0 N–H and O–H groups in total. The van der Waals surface area contributed by atoms with E-state index in [9.17, 15) is 4.79 Å². The number of nitriles is 1. The summed E-state index contributed by atoms with van der Waals surface area (Å²) < 4.78 is 23.3. The summed E-state index contributed by atoms with van der Waals surface area (Å²) in [4.78, 5) is 18.6. The Morgan fingerprint density at radius 1 is 1.03 bits per heavy atom. The number of nitrogens with zero attached hydrogens (tertiary/aromatic N) is 4. The van der Waals surface area contributed by atoms with Gasteiger partial charge in [-0.2, -0.15) is 15.0 Å². The number of benzene rings is 3. The van der Waals surface area contributed by atoms with E-state index in [2.05, 4.69) is 18.9 Å². The van der Waals surface area contributed by atoms with E-state index in [1.807, 2.05) is 37.3 Å². The Morgan fingerprint density at radius 2 is 1.69 bits per heavy atom. The fourth-order valence-electron chi connectivity index (χ4n) is 4.32. The highest BCUT2D eigenvalue weighted by molar-refractivity contribution is 5.84. The number of hydrogen-bond donors (Lipinski definition) is 0. The standard InChI is InChI=1S/C30H30N4O5/c1-18(2)22-16-23(19(3)13-25(22)36-4)29-33-24-10-8-7-9-21(24)30(35)34(29)32-17-20-14-26(37-5)28(39-12-11-31)27(15-20)38-6/h7-10,13-18H,12H2,1-6H3. The maximum Gasteiger partial charge on any atom is 0.282 e. The normalized spacial score (nSPS) is 11.1. The second-order valence-corrected chi connectivity index (χ2v) is 9.08. The van der Waals surface area contributed by atoms with Crippen molar-refractivity contribution in [3.8, 4) is 40.5 Å². The van der Waals surface area contributed by atoms with Gasteiger partial charge in [0.15, 0.2) is 23.9 Å². The molecule has 0 saturated heterocycles. The summed E-state index contributed by atoms with van der Waals surface area (Å²) in [5.74, 6) is 2.40. The Hall–Kier alpha value is -4.84. The highest BCUT2D eigenvalue weighted by atomic mass is 16.5. The predicted octanol–water partition coefficient (Wildman–Crippen LogP) is 5.31. The fraction of sp³-hybridized carbons (Fsp3) is 0.267. The summed E-state index contributed by atoms with van der Waals surface area (Å²) in [5.41, 5.74) is 3.53. The van der Waals surface area contributed by atoms with Crippen LogP contribution >= 0.6 is 0 Å². The molecule has 0 atom stereocenters. The van der Waals surface area contributed by atoms with Crippen molar-refractivity contribution in [1.29, 1.82) is 5.26 Å². The molecule has 0 saturated carbocycles. The molecule has 0 unspecified atom stereocenters. The number of fused-ring (bicyclic) bond motifs is 1. The van der Waals surface area contributed by atoms with Crippen molar-refractivity contribution in [3.05, 3.63) is 75.6 Å². The van der Waals surface area contributed by atoms with Gasteiger partial charge >= 0.3 is 0 Å². The van der Waals surface area contributed by atoms with Crippen molar-refractivity contribution in [2.75, 3.05) is 27.9 Å². The first-order valence-electron chi connectivity index (χ1n) is 12.3. The SMILES string of the molecule is COc1cc(C)c(-c2nc3ccccc3c(=O)n2N=Cc2cc(OC)c(OCC#N)c(OC)c2)cc1C(C)C. The summed E-state index contributed by atoms with van der Waals surface area (Å²) in [6, 6.07) is 16.5. The third kappa shape index (κ3) is 5.41. The Kier molecular flexibility index (Phi) is 8.15.